The van der Waals surface area contributed by atoms with E-state index in [2.05, 4.69) is 26.1 Å². The van der Waals surface area contributed by atoms with Crippen LogP contribution in [0.4, 0.5) is 0 Å². The molecule has 0 spiro atoms. The van der Waals surface area contributed by atoms with Gasteiger partial charge in [0, 0.05) is 17.6 Å². The van der Waals surface area contributed by atoms with E-state index in [0.717, 1.165) is 17.3 Å². The fourth-order valence-electron chi connectivity index (χ4n) is 1.22. The first-order valence-electron chi connectivity index (χ1n) is 5.71. The van der Waals surface area contributed by atoms with Crippen molar-refractivity contribution in [3.05, 3.63) is 29.3 Å². The third kappa shape index (κ3) is 4.86. The molecule has 1 aromatic rings. The van der Waals surface area contributed by atoms with Crippen LogP contribution in [0.5, 0.6) is 5.75 Å². The van der Waals surface area contributed by atoms with Crippen molar-refractivity contribution in [2.24, 2.45) is 5.92 Å². The zero-order valence-corrected chi connectivity index (χ0v) is 10.9. The van der Waals surface area contributed by atoms with E-state index in [0.29, 0.717) is 18.6 Å². The SMILES string of the molecule is CC(C)C(C)NCCOc1ccc(Cl)cc1. The van der Waals surface area contributed by atoms with Gasteiger partial charge >= 0.3 is 0 Å². The maximum Gasteiger partial charge on any atom is 0.119 e. The van der Waals surface area contributed by atoms with Gasteiger partial charge in [-0.15, -0.1) is 0 Å². The fraction of sp³-hybridized carbons (Fsp3) is 0.538. The lowest BCUT2D eigenvalue weighted by Gasteiger charge is -2.17. The quantitative estimate of drug-likeness (QED) is 0.772. The van der Waals surface area contributed by atoms with Crippen molar-refractivity contribution in [1.82, 2.24) is 5.32 Å². The summed E-state index contributed by atoms with van der Waals surface area (Å²) in [4.78, 5) is 0. The number of hydrogen-bond acceptors (Lipinski definition) is 2. The minimum atomic E-state index is 0.522. The average Bonchev–Trinajstić information content (AvgIpc) is 2.26. The van der Waals surface area contributed by atoms with Gasteiger partial charge in [-0.2, -0.15) is 0 Å². The molecule has 90 valence electrons. The first-order chi connectivity index (χ1) is 7.59. The first kappa shape index (κ1) is 13.3. The molecule has 0 aliphatic heterocycles. The summed E-state index contributed by atoms with van der Waals surface area (Å²) in [7, 11) is 0. The van der Waals surface area contributed by atoms with Crippen LogP contribution >= 0.6 is 11.6 Å². The Labute approximate surface area is 103 Å². The smallest absolute Gasteiger partial charge is 0.119 e. The molecule has 0 saturated carbocycles. The lowest BCUT2D eigenvalue weighted by Crippen LogP contribution is -2.33. The van der Waals surface area contributed by atoms with Gasteiger partial charge in [-0.05, 0) is 37.1 Å². The monoisotopic (exact) mass is 241 g/mol. The molecular formula is C13H20ClNO. The van der Waals surface area contributed by atoms with Crippen molar-refractivity contribution < 1.29 is 4.74 Å². The van der Waals surface area contributed by atoms with Crippen LogP contribution in [0.3, 0.4) is 0 Å². The second kappa shape index (κ2) is 6.77. The van der Waals surface area contributed by atoms with Gasteiger partial charge in [-0.25, -0.2) is 0 Å². The third-order valence-corrected chi connectivity index (χ3v) is 2.90. The highest BCUT2D eigenvalue weighted by molar-refractivity contribution is 6.30. The Morgan fingerprint density at radius 3 is 2.38 bits per heavy atom. The molecule has 1 N–H and O–H groups in total. The van der Waals surface area contributed by atoms with Crippen LogP contribution in [-0.4, -0.2) is 19.2 Å². The summed E-state index contributed by atoms with van der Waals surface area (Å²) in [6.07, 6.45) is 0. The van der Waals surface area contributed by atoms with Crippen molar-refractivity contribution >= 4 is 11.6 Å². The van der Waals surface area contributed by atoms with Crippen molar-refractivity contribution in [3.63, 3.8) is 0 Å². The van der Waals surface area contributed by atoms with E-state index < -0.39 is 0 Å². The van der Waals surface area contributed by atoms with E-state index in [1.54, 1.807) is 0 Å². The molecule has 0 radical (unpaired) electrons. The van der Waals surface area contributed by atoms with E-state index in [4.69, 9.17) is 16.3 Å². The highest BCUT2D eigenvalue weighted by atomic mass is 35.5. The summed E-state index contributed by atoms with van der Waals surface area (Å²) in [5, 5.41) is 4.15. The zero-order valence-electron chi connectivity index (χ0n) is 10.2. The molecule has 1 unspecified atom stereocenters. The van der Waals surface area contributed by atoms with Crippen molar-refractivity contribution in [2.75, 3.05) is 13.2 Å². The second-order valence-electron chi connectivity index (χ2n) is 4.29. The Kier molecular flexibility index (Phi) is 5.64. The molecule has 0 aliphatic rings. The highest BCUT2D eigenvalue weighted by Crippen LogP contribution is 2.15. The third-order valence-electron chi connectivity index (χ3n) is 2.65. The Hall–Kier alpha value is -0.730. The molecule has 0 saturated heterocycles. The molecule has 3 heteroatoms. The number of rotatable bonds is 6. The molecule has 1 aromatic carbocycles. The summed E-state index contributed by atoms with van der Waals surface area (Å²) in [5.41, 5.74) is 0. The standard InChI is InChI=1S/C13H20ClNO/c1-10(2)11(3)15-8-9-16-13-6-4-12(14)5-7-13/h4-7,10-11,15H,8-9H2,1-3H3. The van der Waals surface area contributed by atoms with E-state index in [1.165, 1.54) is 0 Å². The Bertz CT molecular complexity index is 297. The Morgan fingerprint density at radius 2 is 1.81 bits per heavy atom. The zero-order chi connectivity index (χ0) is 12.0. The summed E-state index contributed by atoms with van der Waals surface area (Å²) in [5.74, 6) is 1.51. The topological polar surface area (TPSA) is 21.3 Å². The Balaban J connectivity index is 2.18. The van der Waals surface area contributed by atoms with Crippen molar-refractivity contribution in [2.45, 2.75) is 26.8 Å². The van der Waals surface area contributed by atoms with E-state index >= 15 is 0 Å². The van der Waals surface area contributed by atoms with Crippen LogP contribution in [0, 0.1) is 5.92 Å². The number of benzene rings is 1. The predicted molar refractivity (Wildman–Crippen MR) is 69.2 cm³/mol. The highest BCUT2D eigenvalue weighted by Gasteiger charge is 2.04. The molecule has 1 atom stereocenters. The number of halogens is 1. The molecular weight excluding hydrogens is 222 g/mol. The minimum Gasteiger partial charge on any atom is -0.492 e. The van der Waals surface area contributed by atoms with E-state index in [-0.39, 0.29) is 0 Å². The molecule has 0 amide bonds. The predicted octanol–water partition coefficient (Wildman–Crippen LogP) is 3.35. The van der Waals surface area contributed by atoms with Gasteiger partial charge in [0.05, 0.1) is 0 Å². The van der Waals surface area contributed by atoms with Crippen LogP contribution in [0.1, 0.15) is 20.8 Å². The van der Waals surface area contributed by atoms with Gasteiger partial charge in [0.15, 0.2) is 0 Å². The average molecular weight is 242 g/mol. The van der Waals surface area contributed by atoms with Gasteiger partial charge in [0.1, 0.15) is 12.4 Å². The van der Waals surface area contributed by atoms with Crippen molar-refractivity contribution in [3.8, 4) is 5.75 Å². The van der Waals surface area contributed by atoms with Gasteiger partial charge in [-0.1, -0.05) is 25.4 Å². The molecule has 0 aliphatic carbocycles. The van der Waals surface area contributed by atoms with E-state index in [1.807, 2.05) is 24.3 Å². The summed E-state index contributed by atoms with van der Waals surface area (Å²) in [6, 6.07) is 7.96. The maximum atomic E-state index is 5.78. The van der Waals surface area contributed by atoms with Crippen molar-refractivity contribution in [1.29, 1.82) is 0 Å². The number of nitrogens with one attached hydrogen (secondary N) is 1. The van der Waals surface area contributed by atoms with Crippen LogP contribution in [0.15, 0.2) is 24.3 Å². The number of hydrogen-bond donors (Lipinski definition) is 1. The molecule has 16 heavy (non-hydrogen) atoms. The molecule has 2 nitrogen and oxygen atoms in total. The Morgan fingerprint density at radius 1 is 1.19 bits per heavy atom. The van der Waals surface area contributed by atoms with Crippen LogP contribution in [0.2, 0.25) is 5.02 Å². The maximum absolute atomic E-state index is 5.78. The largest absolute Gasteiger partial charge is 0.492 e. The van der Waals surface area contributed by atoms with Gasteiger partial charge in [-0.3, -0.25) is 0 Å². The van der Waals surface area contributed by atoms with Gasteiger partial charge < -0.3 is 10.1 Å². The normalized spacial score (nSPS) is 12.8. The van der Waals surface area contributed by atoms with Gasteiger partial charge in [0.25, 0.3) is 0 Å². The van der Waals surface area contributed by atoms with E-state index in [9.17, 15) is 0 Å². The molecule has 1 rings (SSSR count). The fourth-order valence-corrected chi connectivity index (χ4v) is 1.35. The molecule has 0 bridgehead atoms. The lowest BCUT2D eigenvalue weighted by atomic mass is 10.1. The number of ether oxygens (including phenoxy) is 1. The summed E-state index contributed by atoms with van der Waals surface area (Å²) < 4.78 is 5.57. The molecule has 0 fully saturated rings. The molecule has 0 heterocycles. The lowest BCUT2D eigenvalue weighted by molar-refractivity contribution is 0.297. The second-order valence-corrected chi connectivity index (χ2v) is 4.73. The first-order valence-corrected chi connectivity index (χ1v) is 6.09. The van der Waals surface area contributed by atoms with Crippen LogP contribution in [0.25, 0.3) is 0 Å². The van der Waals surface area contributed by atoms with Gasteiger partial charge in [0.2, 0.25) is 0 Å². The minimum absolute atomic E-state index is 0.522. The van der Waals surface area contributed by atoms with Crippen LogP contribution < -0.4 is 10.1 Å². The molecule has 0 aromatic heterocycles. The summed E-state index contributed by atoms with van der Waals surface area (Å²) in [6.45, 7) is 8.14. The summed E-state index contributed by atoms with van der Waals surface area (Å²) >= 11 is 5.78. The van der Waals surface area contributed by atoms with Crippen LogP contribution in [-0.2, 0) is 0 Å².